The monoisotopic (exact) mass is 672 g/mol. The Hall–Kier alpha value is -2.34. The average Bonchev–Trinajstić information content (AvgIpc) is 3.60. The van der Waals surface area contributed by atoms with Crippen LogP contribution in [0, 0.1) is 43.9 Å². The summed E-state index contributed by atoms with van der Waals surface area (Å²) in [5.41, 5.74) is 5.51. The first-order valence-electron chi connectivity index (χ1n) is 15.7. The van der Waals surface area contributed by atoms with Gasteiger partial charge in [0.05, 0.1) is 0 Å². The van der Waals surface area contributed by atoms with E-state index in [0.29, 0.717) is 0 Å². The third-order valence-corrected chi connectivity index (χ3v) is 7.12. The van der Waals surface area contributed by atoms with Crippen LogP contribution in [0.15, 0.2) is 121 Å². The van der Waals surface area contributed by atoms with E-state index in [1.807, 2.05) is 0 Å². The first-order valence-corrected chi connectivity index (χ1v) is 15.7. The van der Waals surface area contributed by atoms with Gasteiger partial charge in [0.15, 0.2) is 0 Å². The van der Waals surface area contributed by atoms with Crippen molar-refractivity contribution in [1.82, 2.24) is 0 Å². The van der Waals surface area contributed by atoms with Crippen molar-refractivity contribution in [2.75, 3.05) is 13.2 Å². The molecule has 0 aromatic heterocycles. The van der Waals surface area contributed by atoms with Gasteiger partial charge in [0.2, 0.25) is 0 Å². The molecule has 1 heterocycles. The Morgan fingerprint density at radius 1 is 0.457 bits per heavy atom. The van der Waals surface area contributed by atoms with E-state index in [9.17, 15) is 0 Å². The molecule has 244 valence electrons. The number of hydrogen-bond donors (Lipinski definition) is 0. The molecule has 6 radical (unpaired) electrons. The van der Waals surface area contributed by atoms with Gasteiger partial charge in [-0.05, 0) is 97.3 Å². The fourth-order valence-corrected chi connectivity index (χ4v) is 5.23. The Morgan fingerprint density at radius 3 is 0.848 bits per heavy atom. The van der Waals surface area contributed by atoms with Gasteiger partial charge in [0.25, 0.3) is 0 Å². The Bertz CT molecular complexity index is 1010. The third kappa shape index (κ3) is 20.0. The van der Waals surface area contributed by atoms with Crippen LogP contribution in [0.3, 0.4) is 0 Å². The van der Waals surface area contributed by atoms with Crippen LogP contribution >= 0.6 is 0 Å². The Kier molecular flexibility index (Phi) is 25.3. The Morgan fingerprint density at radius 2 is 0.674 bits per heavy atom. The van der Waals surface area contributed by atoms with Gasteiger partial charge in [-0.2, -0.15) is 0 Å². The smallest absolute Gasteiger partial charge is 1.00 e. The van der Waals surface area contributed by atoms with Crippen LogP contribution in [0.2, 0.25) is 0 Å². The minimum atomic E-state index is 0. The van der Waals surface area contributed by atoms with Crippen molar-refractivity contribution in [3.05, 3.63) is 188 Å². The molecule has 5 rings (SSSR count). The summed E-state index contributed by atoms with van der Waals surface area (Å²) >= 11 is 0. The fourth-order valence-electron chi connectivity index (χ4n) is 5.23. The second kappa shape index (κ2) is 26.7. The van der Waals surface area contributed by atoms with E-state index >= 15 is 0 Å². The molecule has 1 nitrogen and oxygen atoms in total. The zero-order valence-corrected chi connectivity index (χ0v) is 30.6. The van der Waals surface area contributed by atoms with Gasteiger partial charge >= 0.3 is 17.4 Å². The minimum absolute atomic E-state index is 0. The van der Waals surface area contributed by atoms with Crippen LogP contribution in [0.25, 0.3) is 0 Å². The van der Waals surface area contributed by atoms with Crippen LogP contribution < -0.4 is 12.4 Å². The van der Waals surface area contributed by atoms with Gasteiger partial charge in [0.1, 0.15) is 0 Å². The molecule has 1 aliphatic heterocycles. The third-order valence-electron chi connectivity index (χ3n) is 7.12. The number of hydrogen-bond acceptors (Lipinski definition) is 1. The summed E-state index contributed by atoms with van der Waals surface area (Å²) in [5.74, 6) is 5.67. The van der Waals surface area contributed by atoms with E-state index in [4.69, 9.17) is 4.74 Å². The molecular formula is C43H53ClCrO. The quantitative estimate of drug-likeness (QED) is 0.139. The number of ether oxygens (including phenoxy) is 1. The molecule has 1 saturated heterocycles. The van der Waals surface area contributed by atoms with Gasteiger partial charge in [0, 0.05) is 13.2 Å². The Balaban J connectivity index is 0.000000722. The first-order chi connectivity index (χ1) is 21.0. The van der Waals surface area contributed by atoms with E-state index in [0.717, 1.165) is 38.9 Å². The first kappa shape index (κ1) is 43.7. The molecule has 0 atom stereocenters. The average molecular weight is 673 g/mol. The van der Waals surface area contributed by atoms with Gasteiger partial charge in [-0.3, -0.25) is 0 Å². The summed E-state index contributed by atoms with van der Waals surface area (Å²) in [6.07, 6.45) is 11.3. The molecule has 0 unspecified atom stereocenters. The predicted molar refractivity (Wildman–Crippen MR) is 191 cm³/mol. The van der Waals surface area contributed by atoms with Crippen molar-refractivity contribution in [3.63, 3.8) is 0 Å². The molecule has 3 heteroatoms. The molecule has 1 fully saturated rings. The predicted octanol–water partition coefficient (Wildman–Crippen LogP) is 7.98. The van der Waals surface area contributed by atoms with Gasteiger partial charge in [-0.1, -0.05) is 149 Å². The summed E-state index contributed by atoms with van der Waals surface area (Å²) in [6, 6.07) is 42.5. The van der Waals surface area contributed by atoms with Gasteiger partial charge < -0.3 is 24.6 Å². The summed E-state index contributed by atoms with van der Waals surface area (Å²) < 4.78 is 4.94. The van der Waals surface area contributed by atoms with Crippen LogP contribution in [0.5, 0.6) is 0 Å². The SMILES string of the molecule is C1CCOC1.C[C]([CH][C](C)Cc1ccccc1)Cc1ccccc1.C[C]([CH][C](C)Cc1ccccc1)Cc1ccccc1.[CH3-].[Cl-].[Cr+2]. The van der Waals surface area contributed by atoms with Crippen molar-refractivity contribution in [3.8, 4) is 0 Å². The van der Waals surface area contributed by atoms with E-state index in [1.165, 1.54) is 58.8 Å². The van der Waals surface area contributed by atoms with Crippen molar-refractivity contribution in [1.29, 1.82) is 0 Å². The van der Waals surface area contributed by atoms with Crippen molar-refractivity contribution < 1.29 is 34.5 Å². The molecule has 0 saturated carbocycles. The second-order valence-electron chi connectivity index (χ2n) is 11.6. The minimum Gasteiger partial charge on any atom is -1.00 e. The van der Waals surface area contributed by atoms with Crippen LogP contribution in [-0.2, 0) is 47.8 Å². The van der Waals surface area contributed by atoms with E-state index in [-0.39, 0.29) is 37.2 Å². The molecule has 0 N–H and O–H groups in total. The maximum absolute atomic E-state index is 4.94. The normalized spacial score (nSPS) is 11.8. The summed E-state index contributed by atoms with van der Waals surface area (Å²) in [4.78, 5) is 0. The van der Waals surface area contributed by atoms with Crippen LogP contribution in [-0.4, -0.2) is 13.2 Å². The molecular weight excluding hydrogens is 620 g/mol. The zero-order valence-electron chi connectivity index (χ0n) is 28.6. The van der Waals surface area contributed by atoms with E-state index < -0.39 is 0 Å². The molecule has 0 aliphatic carbocycles. The second-order valence-corrected chi connectivity index (χ2v) is 11.6. The van der Waals surface area contributed by atoms with Crippen molar-refractivity contribution in [2.24, 2.45) is 0 Å². The molecule has 1 aliphatic rings. The van der Waals surface area contributed by atoms with Crippen molar-refractivity contribution >= 4 is 0 Å². The standard InChI is InChI=1S/2C19H21.C4H8O.CH3.ClH.Cr/c2*1-16(14-18-9-5-3-6-10-18)13-17(2)15-19-11-7-4-8-12-19;1-2-4-5-3-1;;;/h2*3-13H,14-15H2,1-2H3;1-4H2;1H3;1H;/q;;;-1;;+2/p-1. The largest absolute Gasteiger partial charge is 2.00 e. The topological polar surface area (TPSA) is 9.23 Å². The molecule has 4 aromatic carbocycles. The number of rotatable bonds is 12. The maximum Gasteiger partial charge on any atom is 2.00 e. The fraction of sp³-hybridized carbons (Fsp3) is 0.279. The molecule has 0 spiro atoms. The van der Waals surface area contributed by atoms with Crippen LogP contribution in [0.1, 0.15) is 62.8 Å². The summed E-state index contributed by atoms with van der Waals surface area (Å²) in [6.45, 7) is 10.8. The molecule has 0 amide bonds. The number of benzene rings is 4. The van der Waals surface area contributed by atoms with Crippen molar-refractivity contribution in [2.45, 2.75) is 66.2 Å². The maximum atomic E-state index is 4.94. The number of halogens is 1. The summed E-state index contributed by atoms with van der Waals surface area (Å²) in [7, 11) is 0. The van der Waals surface area contributed by atoms with Gasteiger partial charge in [-0.25, -0.2) is 0 Å². The van der Waals surface area contributed by atoms with Crippen LogP contribution in [0.4, 0.5) is 0 Å². The zero-order chi connectivity index (χ0) is 30.5. The Labute approximate surface area is 300 Å². The van der Waals surface area contributed by atoms with Gasteiger partial charge in [-0.15, -0.1) is 0 Å². The molecule has 46 heavy (non-hydrogen) atoms. The summed E-state index contributed by atoms with van der Waals surface area (Å²) in [5, 5.41) is 0. The molecule has 0 bridgehead atoms. The van der Waals surface area contributed by atoms with E-state index in [2.05, 4.69) is 162 Å². The molecule has 4 aromatic rings. The van der Waals surface area contributed by atoms with E-state index in [1.54, 1.807) is 0 Å².